The lowest BCUT2D eigenvalue weighted by molar-refractivity contribution is -0.161. The summed E-state index contributed by atoms with van der Waals surface area (Å²) in [7, 11) is -9.90. The van der Waals surface area contributed by atoms with E-state index in [9.17, 15) is 43.2 Å². The number of phosphoric acid groups is 2. The molecule has 5 atom stereocenters. The van der Waals surface area contributed by atoms with Crippen LogP contribution >= 0.6 is 15.6 Å². The molecular weight excluding hydrogens is 1200 g/mol. The Hall–Kier alpha value is -1.94. The van der Waals surface area contributed by atoms with Crippen molar-refractivity contribution in [2.24, 2.45) is 11.8 Å². The van der Waals surface area contributed by atoms with Crippen molar-refractivity contribution in [3.8, 4) is 0 Å². The van der Waals surface area contributed by atoms with Gasteiger partial charge in [0, 0.05) is 25.7 Å². The Bertz CT molecular complexity index is 1770. The van der Waals surface area contributed by atoms with E-state index in [1.54, 1.807) is 0 Å². The van der Waals surface area contributed by atoms with Gasteiger partial charge >= 0.3 is 39.5 Å². The Balaban J connectivity index is 5.25. The molecule has 0 aliphatic heterocycles. The van der Waals surface area contributed by atoms with E-state index >= 15 is 0 Å². The first-order valence-electron chi connectivity index (χ1n) is 37.5. The fourth-order valence-corrected chi connectivity index (χ4v) is 12.5. The van der Waals surface area contributed by atoms with Crippen LogP contribution in [0.4, 0.5) is 0 Å². The lowest BCUT2D eigenvalue weighted by Crippen LogP contribution is -2.30. The molecule has 0 saturated heterocycles. The molecule has 0 rings (SSSR count). The number of aliphatic hydroxyl groups excluding tert-OH is 1. The van der Waals surface area contributed by atoms with Crippen LogP contribution in [-0.4, -0.2) is 96.7 Å². The smallest absolute Gasteiger partial charge is 0.462 e. The molecule has 0 spiro atoms. The summed E-state index contributed by atoms with van der Waals surface area (Å²) in [5.41, 5.74) is 0. The van der Waals surface area contributed by atoms with Gasteiger partial charge in [0.2, 0.25) is 0 Å². The van der Waals surface area contributed by atoms with E-state index < -0.39 is 97.5 Å². The predicted molar refractivity (Wildman–Crippen MR) is 368 cm³/mol. The lowest BCUT2D eigenvalue weighted by atomic mass is 10.0. The van der Waals surface area contributed by atoms with Crippen molar-refractivity contribution in [2.75, 3.05) is 39.6 Å². The molecule has 0 aromatic heterocycles. The molecule has 0 radical (unpaired) electrons. The third kappa shape index (κ3) is 66.5. The molecule has 19 heteroatoms. The zero-order chi connectivity index (χ0) is 67.2. The Kier molecular flexibility index (Phi) is 62.7. The maximum atomic E-state index is 13.0. The van der Waals surface area contributed by atoms with Crippen molar-refractivity contribution in [1.29, 1.82) is 0 Å². The van der Waals surface area contributed by atoms with E-state index in [0.29, 0.717) is 25.7 Å². The highest BCUT2D eigenvalue weighted by atomic mass is 31.2. The SMILES string of the molecule is CCCCCCCCCCCCCCCCC(=O)OC[C@H](COP(=O)(O)OC[C@@H](O)COP(=O)(O)OC[C@@H](COC(=O)CCCCCCCCCCCCC)OC(=O)CCCCCCCCCCC(C)C)OC(=O)CCCCCCCCCCCCCCC(C)C. The minimum absolute atomic E-state index is 0.105. The van der Waals surface area contributed by atoms with Gasteiger partial charge in [-0.15, -0.1) is 0 Å². The van der Waals surface area contributed by atoms with Crippen molar-refractivity contribution in [3.05, 3.63) is 0 Å². The van der Waals surface area contributed by atoms with Gasteiger partial charge in [-0.1, -0.05) is 318 Å². The van der Waals surface area contributed by atoms with E-state index in [0.717, 1.165) is 102 Å². The van der Waals surface area contributed by atoms with Gasteiger partial charge in [-0.05, 0) is 37.5 Å². The van der Waals surface area contributed by atoms with Crippen LogP contribution in [0.1, 0.15) is 369 Å². The Morgan fingerprint density at radius 1 is 0.297 bits per heavy atom. The Morgan fingerprint density at radius 3 is 0.747 bits per heavy atom. The third-order valence-electron chi connectivity index (χ3n) is 16.7. The van der Waals surface area contributed by atoms with E-state index in [1.165, 1.54) is 186 Å². The van der Waals surface area contributed by atoms with Crippen LogP contribution in [0.25, 0.3) is 0 Å². The average Bonchev–Trinajstić information content (AvgIpc) is 2.71. The summed E-state index contributed by atoms with van der Waals surface area (Å²) in [6.45, 7) is 9.54. The number of rotatable bonds is 71. The molecule has 0 saturated carbocycles. The van der Waals surface area contributed by atoms with Crippen molar-refractivity contribution < 1.29 is 80.2 Å². The molecule has 0 heterocycles. The summed E-state index contributed by atoms with van der Waals surface area (Å²) in [5.74, 6) is -0.626. The summed E-state index contributed by atoms with van der Waals surface area (Å²) in [6.07, 6.45) is 49.8. The average molecular weight is 1340 g/mol. The van der Waals surface area contributed by atoms with Crippen LogP contribution in [0, 0.1) is 11.8 Å². The molecule has 0 fully saturated rings. The van der Waals surface area contributed by atoms with Gasteiger partial charge in [-0.2, -0.15) is 0 Å². The summed E-state index contributed by atoms with van der Waals surface area (Å²) in [4.78, 5) is 72.6. The van der Waals surface area contributed by atoms with Gasteiger partial charge in [0.15, 0.2) is 12.2 Å². The monoisotopic (exact) mass is 1340 g/mol. The number of esters is 4. The number of aliphatic hydroxyl groups is 1. The maximum Gasteiger partial charge on any atom is 0.472 e. The van der Waals surface area contributed by atoms with Gasteiger partial charge < -0.3 is 33.8 Å². The summed E-state index contributed by atoms with van der Waals surface area (Å²) in [6, 6.07) is 0. The largest absolute Gasteiger partial charge is 0.472 e. The first-order valence-corrected chi connectivity index (χ1v) is 40.5. The van der Waals surface area contributed by atoms with Crippen LogP contribution in [0.2, 0.25) is 0 Å². The maximum absolute atomic E-state index is 13.0. The molecule has 0 amide bonds. The molecule has 0 aliphatic carbocycles. The first kappa shape index (κ1) is 89.1. The normalized spacial score (nSPS) is 14.1. The minimum Gasteiger partial charge on any atom is -0.462 e. The number of phosphoric ester groups is 2. The topological polar surface area (TPSA) is 237 Å². The molecule has 0 aromatic rings. The zero-order valence-corrected chi connectivity index (χ0v) is 60.9. The predicted octanol–water partition coefficient (Wildman–Crippen LogP) is 20.8. The van der Waals surface area contributed by atoms with Crippen molar-refractivity contribution in [3.63, 3.8) is 0 Å². The van der Waals surface area contributed by atoms with Crippen LogP contribution in [-0.2, 0) is 65.4 Å². The van der Waals surface area contributed by atoms with E-state index in [1.807, 2.05) is 0 Å². The number of ether oxygens (including phenoxy) is 4. The van der Waals surface area contributed by atoms with Gasteiger partial charge in [0.1, 0.15) is 19.3 Å². The molecule has 0 aromatic carbocycles. The molecule has 3 N–H and O–H groups in total. The van der Waals surface area contributed by atoms with Crippen molar-refractivity contribution >= 4 is 39.5 Å². The summed E-state index contributed by atoms with van der Waals surface area (Å²) >= 11 is 0. The minimum atomic E-state index is -4.95. The molecule has 91 heavy (non-hydrogen) atoms. The van der Waals surface area contributed by atoms with Gasteiger partial charge in [0.25, 0.3) is 0 Å². The highest BCUT2D eigenvalue weighted by Gasteiger charge is 2.30. The van der Waals surface area contributed by atoms with Crippen LogP contribution < -0.4 is 0 Å². The highest BCUT2D eigenvalue weighted by molar-refractivity contribution is 7.47. The number of hydrogen-bond donors (Lipinski definition) is 3. The Morgan fingerprint density at radius 2 is 0.505 bits per heavy atom. The molecule has 2 unspecified atom stereocenters. The number of hydrogen-bond acceptors (Lipinski definition) is 15. The summed E-state index contributed by atoms with van der Waals surface area (Å²) in [5, 5.41) is 10.6. The first-order chi connectivity index (χ1) is 43.9. The number of carbonyl (C=O) groups is 4. The van der Waals surface area contributed by atoms with E-state index in [2.05, 4.69) is 41.5 Å². The lowest BCUT2D eigenvalue weighted by Gasteiger charge is -2.21. The standard InChI is InChI=1S/C72H140O17P2/c1-7-9-11-13-15-17-19-20-21-26-30-37-43-49-55-70(75)83-60-67(88-71(76)56-50-44-38-31-27-23-22-25-28-34-40-46-52-64(3)4)62-86-90(78,79)84-58-66(73)59-85-91(80,81)87-63-68(89-72(77)57-51-45-39-33-32-35-41-47-53-65(5)6)61-82-69(74)54-48-42-36-29-24-18-16-14-12-10-8-2/h64-68,73H,7-63H2,1-6H3,(H,78,79)(H,80,81)/t66-,67-,68-/m1/s1. The van der Waals surface area contributed by atoms with E-state index in [4.69, 9.17) is 37.0 Å². The Labute approximate surface area is 556 Å². The fourth-order valence-electron chi connectivity index (χ4n) is 10.9. The second-order valence-corrected chi connectivity index (χ2v) is 29.8. The second kappa shape index (κ2) is 64.1. The second-order valence-electron chi connectivity index (χ2n) is 26.9. The molecule has 0 bridgehead atoms. The molecular formula is C72H140O17P2. The number of unbranched alkanes of at least 4 members (excludes halogenated alkanes) is 41. The molecule has 17 nitrogen and oxygen atoms in total. The van der Waals surface area contributed by atoms with E-state index in [-0.39, 0.29) is 25.7 Å². The van der Waals surface area contributed by atoms with Gasteiger partial charge in [-0.25, -0.2) is 9.13 Å². The highest BCUT2D eigenvalue weighted by Crippen LogP contribution is 2.45. The molecule has 0 aliphatic rings. The van der Waals surface area contributed by atoms with Crippen LogP contribution in [0.5, 0.6) is 0 Å². The van der Waals surface area contributed by atoms with Gasteiger partial charge in [0.05, 0.1) is 26.4 Å². The zero-order valence-electron chi connectivity index (χ0n) is 59.1. The number of carbonyl (C=O) groups excluding carboxylic acids is 4. The van der Waals surface area contributed by atoms with Crippen molar-refractivity contribution in [1.82, 2.24) is 0 Å². The van der Waals surface area contributed by atoms with Crippen molar-refractivity contribution in [2.45, 2.75) is 387 Å². The quantitative estimate of drug-likeness (QED) is 0.0222. The third-order valence-corrected chi connectivity index (χ3v) is 18.6. The van der Waals surface area contributed by atoms with Crippen LogP contribution in [0.15, 0.2) is 0 Å². The van der Waals surface area contributed by atoms with Gasteiger partial charge in [-0.3, -0.25) is 37.3 Å². The summed E-state index contributed by atoms with van der Waals surface area (Å²) < 4.78 is 68.4. The molecule has 540 valence electrons. The van der Waals surface area contributed by atoms with Crippen LogP contribution in [0.3, 0.4) is 0 Å². The fraction of sp³-hybridized carbons (Fsp3) is 0.944.